The van der Waals surface area contributed by atoms with Crippen molar-refractivity contribution in [3.8, 4) is 0 Å². The topological polar surface area (TPSA) is 80.9 Å². The van der Waals surface area contributed by atoms with Crippen molar-refractivity contribution in [2.45, 2.75) is 44.3 Å². The highest BCUT2D eigenvalue weighted by molar-refractivity contribution is 9.11. The second-order valence-electron chi connectivity index (χ2n) is 7.57. The first-order valence-corrected chi connectivity index (χ1v) is 12.2. The average molecular weight is 660 g/mol. The predicted molar refractivity (Wildman–Crippen MR) is 129 cm³/mol. The van der Waals surface area contributed by atoms with Gasteiger partial charge in [-0.25, -0.2) is 0 Å². The van der Waals surface area contributed by atoms with E-state index in [1.54, 1.807) is 0 Å². The third kappa shape index (κ3) is 6.13. The molecular formula is C21H24Br4O4. The van der Waals surface area contributed by atoms with Gasteiger partial charge in [-0.3, -0.25) is 0 Å². The highest BCUT2D eigenvalue weighted by atomic mass is 79.9. The normalized spacial score (nSPS) is 14.1. The van der Waals surface area contributed by atoms with Crippen LogP contribution in [-0.4, -0.2) is 45.8 Å². The zero-order chi connectivity index (χ0) is 21.9. The van der Waals surface area contributed by atoms with Gasteiger partial charge >= 0.3 is 0 Å². The van der Waals surface area contributed by atoms with E-state index in [4.69, 9.17) is 10.2 Å². The second-order valence-corrected chi connectivity index (χ2v) is 11.0. The van der Waals surface area contributed by atoms with Crippen molar-refractivity contribution >= 4 is 63.7 Å². The highest BCUT2D eigenvalue weighted by Crippen LogP contribution is 2.46. The van der Waals surface area contributed by atoms with Crippen LogP contribution >= 0.6 is 63.7 Å². The molecule has 4 nitrogen and oxygen atoms in total. The van der Waals surface area contributed by atoms with Crippen molar-refractivity contribution in [1.29, 1.82) is 0 Å². The fraction of sp³-hybridized carbons (Fsp3) is 0.429. The zero-order valence-electron chi connectivity index (χ0n) is 16.1. The Morgan fingerprint density at radius 1 is 0.690 bits per heavy atom. The third-order valence-electron chi connectivity index (χ3n) is 4.82. The number of hydrogen-bond acceptors (Lipinski definition) is 4. The molecule has 2 unspecified atom stereocenters. The number of rotatable bonds is 8. The minimum atomic E-state index is -0.794. The van der Waals surface area contributed by atoms with Crippen molar-refractivity contribution in [3.05, 3.63) is 64.4 Å². The molecule has 0 saturated carbocycles. The van der Waals surface area contributed by atoms with Crippen molar-refractivity contribution in [1.82, 2.24) is 0 Å². The standard InChI is InChI=1S/C21H24Br4O4/c1-21(2,19-15(22)5-11(6-16(19)23)3-13(28)9-26)20-17(24)7-12(8-18(20)25)4-14(29)10-27/h5-8,13-14,26-29H,3-4,9-10H2,1-2H3. The molecule has 8 heteroatoms. The minimum Gasteiger partial charge on any atom is -0.394 e. The Hall–Kier alpha value is 0.200. The van der Waals surface area contributed by atoms with E-state index in [2.05, 4.69) is 77.6 Å². The van der Waals surface area contributed by atoms with Gasteiger partial charge in [0.25, 0.3) is 0 Å². The first-order valence-electron chi connectivity index (χ1n) is 9.05. The van der Waals surface area contributed by atoms with Gasteiger partial charge in [0.2, 0.25) is 0 Å². The van der Waals surface area contributed by atoms with Gasteiger partial charge in [-0.15, -0.1) is 0 Å². The fourth-order valence-electron chi connectivity index (χ4n) is 3.48. The van der Waals surface area contributed by atoms with Gasteiger partial charge in [-0.2, -0.15) is 0 Å². The Kier molecular flexibility index (Phi) is 9.38. The lowest BCUT2D eigenvalue weighted by molar-refractivity contribution is 0.0954. The lowest BCUT2D eigenvalue weighted by Crippen LogP contribution is -2.23. The molecule has 160 valence electrons. The molecule has 0 bridgehead atoms. The monoisotopic (exact) mass is 656 g/mol. The molecule has 0 amide bonds. The number of aliphatic hydroxyl groups excluding tert-OH is 4. The first-order chi connectivity index (χ1) is 13.5. The molecule has 2 rings (SSSR count). The van der Waals surface area contributed by atoms with E-state index in [0.717, 1.165) is 40.1 Å². The van der Waals surface area contributed by atoms with Crippen LogP contribution in [0.3, 0.4) is 0 Å². The van der Waals surface area contributed by atoms with Crippen molar-refractivity contribution < 1.29 is 20.4 Å². The summed E-state index contributed by atoms with van der Waals surface area (Å²) < 4.78 is 3.59. The predicted octanol–water partition coefficient (Wildman–Crippen LogP) is 4.85. The Labute approximate surface area is 204 Å². The molecule has 0 aliphatic heterocycles. The molecule has 0 aliphatic rings. The summed E-state index contributed by atoms with van der Waals surface area (Å²) >= 11 is 14.7. The van der Waals surface area contributed by atoms with Gasteiger partial charge in [0, 0.05) is 36.1 Å². The third-order valence-corrected chi connectivity index (χ3v) is 7.32. The molecule has 2 aromatic rings. The van der Waals surface area contributed by atoms with Crippen LogP contribution in [0.2, 0.25) is 0 Å². The first kappa shape index (κ1) is 25.5. The number of benzene rings is 2. The van der Waals surface area contributed by atoms with Crippen molar-refractivity contribution in [2.24, 2.45) is 0 Å². The Morgan fingerprint density at radius 3 is 1.21 bits per heavy atom. The maximum absolute atomic E-state index is 9.75. The SMILES string of the molecule is CC(C)(c1c(Br)cc(CC(O)CO)cc1Br)c1c(Br)cc(CC(O)CO)cc1Br. The van der Waals surface area contributed by atoms with Gasteiger partial charge in [-0.05, 0) is 46.5 Å². The maximum atomic E-state index is 9.75. The summed E-state index contributed by atoms with van der Waals surface area (Å²) in [7, 11) is 0. The molecule has 0 fully saturated rings. The van der Waals surface area contributed by atoms with Crippen LogP contribution < -0.4 is 0 Å². The summed E-state index contributed by atoms with van der Waals surface area (Å²) in [6.07, 6.45) is -0.858. The van der Waals surface area contributed by atoms with Crippen LogP contribution in [0, 0.1) is 0 Å². The van der Waals surface area contributed by atoms with Crippen LogP contribution in [0.5, 0.6) is 0 Å². The zero-order valence-corrected chi connectivity index (χ0v) is 22.4. The summed E-state index contributed by atoms with van der Waals surface area (Å²) in [5.41, 5.74) is 3.51. The lowest BCUT2D eigenvalue weighted by atomic mass is 9.77. The molecule has 0 aliphatic carbocycles. The average Bonchev–Trinajstić information content (AvgIpc) is 2.59. The molecule has 0 saturated heterocycles. The lowest BCUT2D eigenvalue weighted by Gasteiger charge is -2.31. The highest BCUT2D eigenvalue weighted by Gasteiger charge is 2.32. The number of hydrogen-bond donors (Lipinski definition) is 4. The van der Waals surface area contributed by atoms with Crippen LogP contribution in [0.1, 0.15) is 36.1 Å². The summed E-state index contributed by atoms with van der Waals surface area (Å²) in [5.74, 6) is 0. The van der Waals surface area contributed by atoms with Crippen LogP contribution in [0.15, 0.2) is 42.2 Å². The second kappa shape index (κ2) is 10.7. The molecular weight excluding hydrogens is 636 g/mol. The Balaban J connectivity index is 2.50. The van der Waals surface area contributed by atoms with Gasteiger partial charge in [0.15, 0.2) is 0 Å². The molecule has 0 radical (unpaired) electrons. The summed E-state index contributed by atoms with van der Waals surface area (Å²) in [6, 6.07) is 7.87. The summed E-state index contributed by atoms with van der Waals surface area (Å²) in [6.45, 7) is 3.68. The molecule has 0 heterocycles. The van der Waals surface area contributed by atoms with Gasteiger partial charge in [0.1, 0.15) is 0 Å². The van der Waals surface area contributed by atoms with Crippen molar-refractivity contribution in [2.75, 3.05) is 13.2 Å². The van der Waals surface area contributed by atoms with E-state index in [1.807, 2.05) is 24.3 Å². The van der Waals surface area contributed by atoms with E-state index >= 15 is 0 Å². The minimum absolute atomic E-state index is 0.278. The Bertz CT molecular complexity index is 754. The van der Waals surface area contributed by atoms with Gasteiger partial charge in [-0.1, -0.05) is 77.6 Å². The van der Waals surface area contributed by atoms with Gasteiger partial charge < -0.3 is 20.4 Å². The molecule has 29 heavy (non-hydrogen) atoms. The quantitative estimate of drug-likeness (QED) is 0.327. The molecule has 2 atom stereocenters. The van der Waals surface area contributed by atoms with E-state index < -0.39 is 17.6 Å². The number of halogens is 4. The summed E-state index contributed by atoms with van der Waals surface area (Å²) in [5, 5.41) is 37.7. The van der Waals surface area contributed by atoms with E-state index in [0.29, 0.717) is 12.8 Å². The summed E-state index contributed by atoms with van der Waals surface area (Å²) in [4.78, 5) is 0. The van der Waals surface area contributed by atoms with Crippen LogP contribution in [0.4, 0.5) is 0 Å². The van der Waals surface area contributed by atoms with Gasteiger partial charge in [0.05, 0.1) is 25.4 Å². The largest absolute Gasteiger partial charge is 0.394 e. The fourth-order valence-corrected chi connectivity index (χ4v) is 8.02. The maximum Gasteiger partial charge on any atom is 0.0811 e. The number of aliphatic hydroxyl groups is 4. The van der Waals surface area contributed by atoms with Crippen LogP contribution in [0.25, 0.3) is 0 Å². The molecule has 2 aromatic carbocycles. The van der Waals surface area contributed by atoms with Crippen molar-refractivity contribution in [3.63, 3.8) is 0 Å². The van der Waals surface area contributed by atoms with Crippen LogP contribution in [-0.2, 0) is 18.3 Å². The Morgan fingerprint density at radius 2 is 0.966 bits per heavy atom. The molecule has 0 aromatic heterocycles. The van der Waals surface area contributed by atoms with E-state index in [1.165, 1.54) is 0 Å². The van der Waals surface area contributed by atoms with E-state index in [9.17, 15) is 10.2 Å². The molecule has 4 N–H and O–H groups in total. The molecule has 0 spiro atoms. The smallest absolute Gasteiger partial charge is 0.0811 e. The van der Waals surface area contributed by atoms with E-state index in [-0.39, 0.29) is 13.2 Å².